The molecule has 2 fully saturated rings. The van der Waals surface area contributed by atoms with Gasteiger partial charge in [0.1, 0.15) is 5.69 Å². The van der Waals surface area contributed by atoms with E-state index in [1.807, 2.05) is 11.0 Å². The predicted molar refractivity (Wildman–Crippen MR) is 99.6 cm³/mol. The van der Waals surface area contributed by atoms with E-state index >= 15 is 0 Å². The molecule has 7 heteroatoms. The molecule has 0 bridgehead atoms. The molecular weight excluding hydrogens is 342 g/mol. The summed E-state index contributed by atoms with van der Waals surface area (Å²) in [6.45, 7) is 5.60. The lowest BCUT2D eigenvalue weighted by molar-refractivity contribution is -0.125. The Bertz CT molecular complexity index is 841. The Kier molecular flexibility index (Phi) is 4.76. The van der Waals surface area contributed by atoms with Gasteiger partial charge >= 0.3 is 0 Å². The van der Waals surface area contributed by atoms with Gasteiger partial charge in [-0.1, -0.05) is 31.0 Å². The number of aromatic nitrogens is 4. The molecule has 7 nitrogen and oxygen atoms in total. The summed E-state index contributed by atoms with van der Waals surface area (Å²) in [5.41, 5.74) is 1.56. The van der Waals surface area contributed by atoms with Crippen LogP contribution in [0.2, 0.25) is 0 Å². The number of amides is 1. The number of hydrogen-bond donors (Lipinski definition) is 0. The first kappa shape index (κ1) is 17.8. The molecule has 1 amide bonds. The van der Waals surface area contributed by atoms with Crippen molar-refractivity contribution in [1.82, 2.24) is 25.0 Å². The predicted octanol–water partition coefficient (Wildman–Crippen LogP) is 3.15. The molecular formula is C20H25N5O2. The van der Waals surface area contributed by atoms with E-state index in [0.29, 0.717) is 29.9 Å². The molecule has 3 heterocycles. The third-order valence-corrected chi connectivity index (χ3v) is 6.06. The van der Waals surface area contributed by atoms with Crippen molar-refractivity contribution >= 4 is 5.91 Å². The fourth-order valence-corrected chi connectivity index (χ4v) is 4.47. The maximum Gasteiger partial charge on any atom is 0.246 e. The van der Waals surface area contributed by atoms with Crippen molar-refractivity contribution in [1.29, 1.82) is 0 Å². The Hall–Kier alpha value is -2.57. The summed E-state index contributed by atoms with van der Waals surface area (Å²) in [5, 5.41) is 4.13. The number of carbonyl (C=O) groups excluding carboxylic acids is 1. The molecule has 2 aliphatic rings. The summed E-state index contributed by atoms with van der Waals surface area (Å²) in [6.07, 6.45) is 11.7. The summed E-state index contributed by atoms with van der Waals surface area (Å²) in [7, 11) is 0. The SMILES string of the molecule is CCC(=CC(=O)N1C[C@H]2CCC[C@@]2(c2nc(-c3cnccn3)no2)C1)CC. The van der Waals surface area contributed by atoms with Crippen LogP contribution in [0, 0.1) is 5.92 Å². The third-order valence-electron chi connectivity index (χ3n) is 6.06. The first-order valence-corrected chi connectivity index (χ1v) is 9.75. The lowest BCUT2D eigenvalue weighted by Gasteiger charge is -2.23. The lowest BCUT2D eigenvalue weighted by atomic mass is 9.80. The summed E-state index contributed by atoms with van der Waals surface area (Å²) < 4.78 is 5.68. The van der Waals surface area contributed by atoms with Crippen molar-refractivity contribution < 1.29 is 9.32 Å². The van der Waals surface area contributed by atoms with Gasteiger partial charge in [-0.15, -0.1) is 0 Å². The van der Waals surface area contributed by atoms with Gasteiger partial charge in [0.15, 0.2) is 0 Å². The van der Waals surface area contributed by atoms with E-state index in [9.17, 15) is 4.79 Å². The van der Waals surface area contributed by atoms with E-state index in [1.54, 1.807) is 18.6 Å². The monoisotopic (exact) mass is 367 g/mol. The van der Waals surface area contributed by atoms with Gasteiger partial charge in [0.05, 0.1) is 11.6 Å². The maximum atomic E-state index is 12.8. The molecule has 0 aromatic carbocycles. The number of carbonyl (C=O) groups is 1. The Morgan fingerprint density at radius 1 is 1.37 bits per heavy atom. The van der Waals surface area contributed by atoms with Crippen molar-refractivity contribution in [3.05, 3.63) is 36.1 Å². The largest absolute Gasteiger partial charge is 0.338 e. The molecule has 142 valence electrons. The molecule has 2 atom stereocenters. The number of allylic oxidation sites excluding steroid dienone is 1. The highest BCUT2D eigenvalue weighted by molar-refractivity contribution is 5.88. The average molecular weight is 367 g/mol. The quantitative estimate of drug-likeness (QED) is 0.755. The minimum atomic E-state index is -0.227. The number of likely N-dealkylation sites (tertiary alicyclic amines) is 1. The minimum absolute atomic E-state index is 0.108. The van der Waals surface area contributed by atoms with E-state index in [-0.39, 0.29) is 11.3 Å². The fraction of sp³-hybridized carbons (Fsp3) is 0.550. The van der Waals surface area contributed by atoms with Gasteiger partial charge < -0.3 is 9.42 Å². The first-order valence-electron chi connectivity index (χ1n) is 9.75. The van der Waals surface area contributed by atoms with E-state index in [0.717, 1.165) is 38.6 Å². The fourth-order valence-electron chi connectivity index (χ4n) is 4.47. The molecule has 27 heavy (non-hydrogen) atoms. The second kappa shape index (κ2) is 7.21. The van der Waals surface area contributed by atoms with Crippen LogP contribution in [0.3, 0.4) is 0 Å². The Morgan fingerprint density at radius 3 is 2.96 bits per heavy atom. The second-order valence-corrected chi connectivity index (χ2v) is 7.49. The van der Waals surface area contributed by atoms with Crippen molar-refractivity contribution in [2.75, 3.05) is 13.1 Å². The van der Waals surface area contributed by atoms with Gasteiger partial charge in [0, 0.05) is 31.6 Å². The normalized spacial score (nSPS) is 24.1. The third kappa shape index (κ3) is 3.15. The molecule has 4 rings (SSSR count). The molecule has 1 saturated heterocycles. The molecule has 0 N–H and O–H groups in total. The van der Waals surface area contributed by atoms with Crippen LogP contribution < -0.4 is 0 Å². The van der Waals surface area contributed by atoms with E-state index < -0.39 is 0 Å². The summed E-state index contributed by atoms with van der Waals surface area (Å²) in [5.74, 6) is 1.58. The average Bonchev–Trinajstić information content (AvgIpc) is 3.40. The summed E-state index contributed by atoms with van der Waals surface area (Å²) in [6, 6.07) is 0. The van der Waals surface area contributed by atoms with E-state index in [2.05, 4.69) is 34.0 Å². The van der Waals surface area contributed by atoms with Crippen LogP contribution in [0.5, 0.6) is 0 Å². The highest BCUT2D eigenvalue weighted by Crippen LogP contribution is 2.50. The molecule has 0 radical (unpaired) electrons. The van der Waals surface area contributed by atoms with Crippen LogP contribution >= 0.6 is 0 Å². The summed E-state index contributed by atoms with van der Waals surface area (Å²) >= 11 is 0. The molecule has 0 unspecified atom stereocenters. The Balaban J connectivity index is 1.59. The molecule has 2 aromatic heterocycles. The van der Waals surface area contributed by atoms with Crippen molar-refractivity contribution in [3.63, 3.8) is 0 Å². The zero-order chi connectivity index (χ0) is 18.9. The maximum absolute atomic E-state index is 12.8. The van der Waals surface area contributed by atoms with Crippen LogP contribution in [0.4, 0.5) is 0 Å². The first-order chi connectivity index (χ1) is 13.2. The highest BCUT2D eigenvalue weighted by atomic mass is 16.5. The molecule has 1 aliphatic carbocycles. The van der Waals surface area contributed by atoms with Crippen molar-refractivity contribution in [3.8, 4) is 11.5 Å². The molecule has 1 aliphatic heterocycles. The van der Waals surface area contributed by atoms with Crippen LogP contribution in [-0.2, 0) is 10.2 Å². The van der Waals surface area contributed by atoms with Crippen LogP contribution in [0.15, 0.2) is 34.8 Å². The highest BCUT2D eigenvalue weighted by Gasteiger charge is 2.55. The van der Waals surface area contributed by atoms with Gasteiger partial charge in [-0.05, 0) is 31.6 Å². The van der Waals surface area contributed by atoms with Gasteiger partial charge in [-0.25, -0.2) is 4.98 Å². The van der Waals surface area contributed by atoms with Crippen LogP contribution in [-0.4, -0.2) is 44.0 Å². The van der Waals surface area contributed by atoms with Crippen LogP contribution in [0.25, 0.3) is 11.5 Å². The smallest absolute Gasteiger partial charge is 0.246 e. The number of hydrogen-bond acceptors (Lipinski definition) is 6. The topological polar surface area (TPSA) is 85.0 Å². The van der Waals surface area contributed by atoms with Gasteiger partial charge in [-0.2, -0.15) is 4.98 Å². The van der Waals surface area contributed by atoms with E-state index in [1.165, 1.54) is 5.57 Å². The Morgan fingerprint density at radius 2 is 2.22 bits per heavy atom. The Labute approximate surface area is 158 Å². The summed E-state index contributed by atoms with van der Waals surface area (Å²) in [4.78, 5) is 27.7. The van der Waals surface area contributed by atoms with Gasteiger partial charge in [-0.3, -0.25) is 9.78 Å². The number of nitrogens with zero attached hydrogens (tertiary/aromatic N) is 5. The second-order valence-electron chi connectivity index (χ2n) is 7.49. The molecule has 1 saturated carbocycles. The van der Waals surface area contributed by atoms with E-state index in [4.69, 9.17) is 4.52 Å². The van der Waals surface area contributed by atoms with Gasteiger partial charge in [0.25, 0.3) is 0 Å². The van der Waals surface area contributed by atoms with Crippen molar-refractivity contribution in [2.45, 2.75) is 51.4 Å². The zero-order valence-electron chi connectivity index (χ0n) is 15.9. The standard InChI is InChI=1S/C20H25N5O2/c1-3-14(4-2)10-17(26)25-12-15-6-5-7-20(15,13-25)19-23-18(24-27-19)16-11-21-8-9-22-16/h8-11,15H,3-7,12-13H2,1-2H3/t15-,20-/m1/s1. The van der Waals surface area contributed by atoms with Gasteiger partial charge in [0.2, 0.25) is 17.6 Å². The van der Waals surface area contributed by atoms with Crippen molar-refractivity contribution in [2.24, 2.45) is 5.92 Å². The zero-order valence-corrected chi connectivity index (χ0v) is 15.9. The molecule has 2 aromatic rings. The van der Waals surface area contributed by atoms with Crippen LogP contribution in [0.1, 0.15) is 51.8 Å². The number of rotatable bonds is 5. The lowest BCUT2D eigenvalue weighted by Crippen LogP contribution is -2.34. The number of fused-ring (bicyclic) bond motifs is 1. The minimum Gasteiger partial charge on any atom is -0.338 e. The molecule has 0 spiro atoms.